The molecule has 1 aliphatic rings. The maximum absolute atomic E-state index is 10.2. The Hall–Kier alpha value is -1.85. The van der Waals surface area contributed by atoms with Crippen molar-refractivity contribution in [1.82, 2.24) is 9.97 Å². The summed E-state index contributed by atoms with van der Waals surface area (Å²) in [7, 11) is 0. The van der Waals surface area contributed by atoms with Gasteiger partial charge in [-0.25, -0.2) is 9.97 Å². The Morgan fingerprint density at radius 2 is 1.88 bits per heavy atom. The van der Waals surface area contributed by atoms with Crippen molar-refractivity contribution in [3.63, 3.8) is 0 Å². The lowest BCUT2D eigenvalue weighted by molar-refractivity contribution is 0.268. The summed E-state index contributed by atoms with van der Waals surface area (Å²) in [6.07, 6.45) is 2.16. The van der Waals surface area contributed by atoms with Crippen LogP contribution in [0.15, 0.2) is 18.2 Å². The van der Waals surface area contributed by atoms with Crippen LogP contribution in [0.1, 0.15) is 38.1 Å². The minimum absolute atomic E-state index is 0.0158. The summed E-state index contributed by atoms with van der Waals surface area (Å²) in [4.78, 5) is 11.5. The number of rotatable bonds is 3. The number of aliphatic hydroxyl groups is 1. The van der Waals surface area contributed by atoms with Crippen molar-refractivity contribution in [1.29, 1.82) is 0 Å². The Labute approximate surface area is 153 Å². The van der Waals surface area contributed by atoms with E-state index in [1.54, 1.807) is 18.2 Å². The summed E-state index contributed by atoms with van der Waals surface area (Å²) in [6.45, 7) is 8.02. The molecule has 0 spiro atoms. The smallest absolute Gasteiger partial charge is 0.153 e. The predicted octanol–water partition coefficient (Wildman–Crippen LogP) is 3.93. The van der Waals surface area contributed by atoms with Gasteiger partial charge in [0.15, 0.2) is 5.82 Å². The molecule has 1 aromatic carbocycles. The predicted molar refractivity (Wildman–Crippen MR) is 100 cm³/mol. The molecule has 2 aromatic rings. The second-order valence-corrected chi connectivity index (χ2v) is 7.78. The van der Waals surface area contributed by atoms with E-state index in [9.17, 15) is 10.2 Å². The van der Waals surface area contributed by atoms with Crippen molar-refractivity contribution < 1.29 is 10.2 Å². The fourth-order valence-electron chi connectivity index (χ4n) is 3.19. The van der Waals surface area contributed by atoms with Gasteiger partial charge >= 0.3 is 0 Å². The second kappa shape index (κ2) is 6.81. The molecule has 5 nitrogen and oxygen atoms in total. The van der Waals surface area contributed by atoms with Crippen LogP contribution < -0.4 is 4.90 Å². The van der Waals surface area contributed by atoms with Gasteiger partial charge in [0.1, 0.15) is 11.4 Å². The SMILES string of the molecule is Cc1nc(N2CCC(C)(C)CC2)c(CO)nc1-c1cccc(Cl)c1O. The first kappa shape index (κ1) is 18.0. The fraction of sp³-hybridized carbons (Fsp3) is 0.474. The zero-order valence-electron chi connectivity index (χ0n) is 14.9. The highest BCUT2D eigenvalue weighted by molar-refractivity contribution is 6.32. The van der Waals surface area contributed by atoms with Gasteiger partial charge < -0.3 is 15.1 Å². The molecule has 25 heavy (non-hydrogen) atoms. The second-order valence-electron chi connectivity index (χ2n) is 7.37. The standard InChI is InChI=1S/C19H24ClN3O2/c1-12-16(13-5-4-6-14(20)17(13)25)22-15(11-24)18(21-12)23-9-7-19(2,3)8-10-23/h4-6,24-25H,7-11H2,1-3H3. The van der Waals surface area contributed by atoms with E-state index in [1.165, 1.54) is 0 Å². The first-order valence-electron chi connectivity index (χ1n) is 8.53. The molecule has 0 unspecified atom stereocenters. The molecule has 0 radical (unpaired) electrons. The molecule has 0 amide bonds. The van der Waals surface area contributed by atoms with Gasteiger partial charge in [-0.15, -0.1) is 0 Å². The van der Waals surface area contributed by atoms with Crippen molar-refractivity contribution in [2.24, 2.45) is 5.41 Å². The van der Waals surface area contributed by atoms with Crippen LogP contribution in [-0.4, -0.2) is 33.3 Å². The summed E-state index contributed by atoms with van der Waals surface area (Å²) < 4.78 is 0. The number of phenols is 1. The summed E-state index contributed by atoms with van der Waals surface area (Å²) in [5, 5.41) is 20.3. The Morgan fingerprint density at radius 1 is 1.20 bits per heavy atom. The normalized spacial score (nSPS) is 16.9. The van der Waals surface area contributed by atoms with Crippen LogP contribution in [0, 0.1) is 12.3 Å². The molecular formula is C19H24ClN3O2. The van der Waals surface area contributed by atoms with Crippen LogP contribution in [0.4, 0.5) is 5.82 Å². The highest BCUT2D eigenvalue weighted by Crippen LogP contribution is 2.37. The van der Waals surface area contributed by atoms with Gasteiger partial charge in [0.25, 0.3) is 0 Å². The van der Waals surface area contributed by atoms with Gasteiger partial charge in [0, 0.05) is 18.7 Å². The van der Waals surface area contributed by atoms with Gasteiger partial charge in [0.2, 0.25) is 0 Å². The average Bonchev–Trinajstić information content (AvgIpc) is 2.57. The maximum atomic E-state index is 10.2. The summed E-state index contributed by atoms with van der Waals surface area (Å²) in [5.41, 5.74) is 2.64. The molecule has 2 heterocycles. The third-order valence-corrected chi connectivity index (χ3v) is 5.23. The van der Waals surface area contributed by atoms with E-state index in [0.717, 1.165) is 31.7 Å². The van der Waals surface area contributed by atoms with Crippen LogP contribution in [-0.2, 0) is 6.61 Å². The number of anilines is 1. The quantitative estimate of drug-likeness (QED) is 0.866. The monoisotopic (exact) mass is 361 g/mol. The number of para-hydroxylation sites is 1. The van der Waals surface area contributed by atoms with Crippen LogP contribution >= 0.6 is 11.6 Å². The highest BCUT2D eigenvalue weighted by Gasteiger charge is 2.28. The zero-order chi connectivity index (χ0) is 18.2. The Balaban J connectivity index is 2.01. The van der Waals surface area contributed by atoms with Gasteiger partial charge in [0.05, 0.1) is 23.0 Å². The lowest BCUT2D eigenvalue weighted by Crippen LogP contribution is -2.38. The van der Waals surface area contributed by atoms with E-state index in [0.29, 0.717) is 28.1 Å². The van der Waals surface area contributed by atoms with E-state index in [2.05, 4.69) is 23.7 Å². The topological polar surface area (TPSA) is 69.5 Å². The van der Waals surface area contributed by atoms with Crippen molar-refractivity contribution in [2.45, 2.75) is 40.2 Å². The number of piperidine rings is 1. The Bertz CT molecular complexity index is 782. The van der Waals surface area contributed by atoms with Crippen molar-refractivity contribution >= 4 is 17.4 Å². The van der Waals surface area contributed by atoms with Gasteiger partial charge in [-0.05, 0) is 37.3 Å². The maximum Gasteiger partial charge on any atom is 0.153 e. The molecule has 0 bridgehead atoms. The number of hydrogen-bond donors (Lipinski definition) is 2. The van der Waals surface area contributed by atoms with Crippen LogP contribution in [0.3, 0.4) is 0 Å². The molecule has 1 fully saturated rings. The lowest BCUT2D eigenvalue weighted by atomic mass is 9.82. The summed E-state index contributed by atoms with van der Waals surface area (Å²) in [6, 6.07) is 5.14. The molecule has 0 atom stereocenters. The minimum Gasteiger partial charge on any atom is -0.506 e. The molecule has 3 rings (SSSR count). The van der Waals surface area contributed by atoms with E-state index in [1.807, 2.05) is 6.92 Å². The average molecular weight is 362 g/mol. The first-order chi connectivity index (χ1) is 11.8. The van der Waals surface area contributed by atoms with Crippen LogP contribution in [0.2, 0.25) is 5.02 Å². The zero-order valence-corrected chi connectivity index (χ0v) is 15.6. The van der Waals surface area contributed by atoms with Gasteiger partial charge in [-0.1, -0.05) is 31.5 Å². The van der Waals surface area contributed by atoms with Crippen molar-refractivity contribution in [3.05, 3.63) is 34.6 Å². The molecular weight excluding hydrogens is 338 g/mol. The number of aromatic nitrogens is 2. The Kier molecular flexibility index (Phi) is 4.89. The van der Waals surface area contributed by atoms with E-state index in [4.69, 9.17) is 16.6 Å². The number of hydrogen-bond acceptors (Lipinski definition) is 5. The lowest BCUT2D eigenvalue weighted by Gasteiger charge is -2.38. The molecule has 1 aliphatic heterocycles. The number of aryl methyl sites for hydroxylation is 1. The van der Waals surface area contributed by atoms with Crippen LogP contribution in [0.25, 0.3) is 11.3 Å². The largest absolute Gasteiger partial charge is 0.506 e. The molecule has 0 saturated carbocycles. The first-order valence-corrected chi connectivity index (χ1v) is 8.91. The van der Waals surface area contributed by atoms with E-state index < -0.39 is 0 Å². The number of aliphatic hydroxyl groups excluding tert-OH is 1. The molecule has 1 saturated heterocycles. The number of halogens is 1. The third-order valence-electron chi connectivity index (χ3n) is 4.93. The van der Waals surface area contributed by atoms with Gasteiger partial charge in [-0.2, -0.15) is 0 Å². The number of phenolic OH excluding ortho intramolecular Hbond substituents is 1. The number of aromatic hydroxyl groups is 1. The van der Waals surface area contributed by atoms with Crippen molar-refractivity contribution in [3.8, 4) is 17.0 Å². The molecule has 6 heteroatoms. The summed E-state index contributed by atoms with van der Waals surface area (Å²) in [5.74, 6) is 0.721. The summed E-state index contributed by atoms with van der Waals surface area (Å²) >= 11 is 6.01. The Morgan fingerprint density at radius 3 is 2.52 bits per heavy atom. The number of benzene rings is 1. The highest BCUT2D eigenvalue weighted by atomic mass is 35.5. The molecule has 2 N–H and O–H groups in total. The van der Waals surface area contributed by atoms with E-state index in [-0.39, 0.29) is 17.4 Å². The third kappa shape index (κ3) is 3.58. The molecule has 1 aromatic heterocycles. The minimum atomic E-state index is -0.198. The molecule has 0 aliphatic carbocycles. The van der Waals surface area contributed by atoms with Gasteiger partial charge in [-0.3, -0.25) is 0 Å². The van der Waals surface area contributed by atoms with Crippen molar-refractivity contribution in [2.75, 3.05) is 18.0 Å². The molecule has 134 valence electrons. The number of nitrogens with zero attached hydrogens (tertiary/aromatic N) is 3. The van der Waals surface area contributed by atoms with Crippen LogP contribution in [0.5, 0.6) is 5.75 Å². The fourth-order valence-corrected chi connectivity index (χ4v) is 3.36. The van der Waals surface area contributed by atoms with E-state index >= 15 is 0 Å².